The molecule has 0 heterocycles. The summed E-state index contributed by atoms with van der Waals surface area (Å²) >= 11 is 0. The van der Waals surface area contributed by atoms with Gasteiger partial charge in [0.05, 0.1) is 0 Å². The third-order valence-electron chi connectivity index (χ3n) is 9.40. The van der Waals surface area contributed by atoms with Crippen LogP contribution in [-0.2, 0) is 0 Å². The molecule has 9 rings (SSSR count). The molecular formula is C54H40N2O8. The summed E-state index contributed by atoms with van der Waals surface area (Å²) in [6.07, 6.45) is 0. The highest BCUT2D eigenvalue weighted by molar-refractivity contribution is 5.53. The van der Waals surface area contributed by atoms with E-state index < -0.39 is 0 Å². The van der Waals surface area contributed by atoms with E-state index in [1.807, 2.05) is 206 Å². The van der Waals surface area contributed by atoms with Gasteiger partial charge in [-0.15, -0.1) is 0 Å². The molecule has 0 atom stereocenters. The molecule has 10 heteroatoms. The molecule has 4 N–H and O–H groups in total. The zero-order chi connectivity index (χ0) is 43.5. The lowest BCUT2D eigenvalue weighted by atomic mass is 10.2. The van der Waals surface area contributed by atoms with Crippen molar-refractivity contribution < 1.29 is 37.9 Å². The van der Waals surface area contributed by atoms with Gasteiger partial charge in [0.15, 0.2) is 34.5 Å². The van der Waals surface area contributed by atoms with E-state index in [2.05, 4.69) is 0 Å². The van der Waals surface area contributed by atoms with Gasteiger partial charge in [0.2, 0.25) is 0 Å². The van der Waals surface area contributed by atoms with Crippen LogP contribution < -0.4 is 49.4 Å². The molecule has 64 heavy (non-hydrogen) atoms. The second-order valence-electron chi connectivity index (χ2n) is 14.2. The number of benzene rings is 9. The molecule has 0 aliphatic heterocycles. The first-order valence-electron chi connectivity index (χ1n) is 20.3. The van der Waals surface area contributed by atoms with Gasteiger partial charge < -0.3 is 49.4 Å². The van der Waals surface area contributed by atoms with Gasteiger partial charge >= 0.3 is 0 Å². The molecule has 0 unspecified atom stereocenters. The molecule has 314 valence electrons. The summed E-state index contributed by atoms with van der Waals surface area (Å²) in [5.74, 6) is 9.42. The van der Waals surface area contributed by atoms with E-state index in [-0.39, 0.29) is 0 Å². The van der Waals surface area contributed by atoms with Crippen LogP contribution in [0.2, 0.25) is 0 Å². The molecule has 0 spiro atoms. The maximum absolute atomic E-state index is 6.44. The Hall–Kier alpha value is -9.02. The van der Waals surface area contributed by atoms with Gasteiger partial charge in [-0.05, 0) is 158 Å². The maximum Gasteiger partial charge on any atom is 0.170 e. The summed E-state index contributed by atoms with van der Waals surface area (Å²) in [4.78, 5) is 0. The lowest BCUT2D eigenvalue weighted by Crippen LogP contribution is -1.94. The molecule has 0 bridgehead atoms. The standard InChI is InChI=1S/C54H40N2O8/c55-37-9-7-11-47(35-37)59-43-23-19-39(20-24-43)57-41-27-31-45(32-28-41)61-49-13-1-3-15-51(49)63-53-17-5-6-18-54(53)64-52-16-4-2-14-50(52)62-46-33-29-42(30-34-46)58-40-21-25-44(26-22-40)60-48-12-8-10-38(56)36-48/h1-36H,55-56H2. The topological polar surface area (TPSA) is 126 Å². The van der Waals surface area contributed by atoms with Crippen molar-refractivity contribution >= 4 is 11.4 Å². The van der Waals surface area contributed by atoms with Crippen LogP contribution in [0.25, 0.3) is 0 Å². The minimum absolute atomic E-state index is 0.479. The number of nitrogens with two attached hydrogens (primary N) is 2. The van der Waals surface area contributed by atoms with Crippen LogP contribution in [-0.4, -0.2) is 0 Å². The Balaban J connectivity index is 0.813. The number of hydrogen-bond acceptors (Lipinski definition) is 10. The van der Waals surface area contributed by atoms with Crippen molar-refractivity contribution in [1.29, 1.82) is 0 Å². The molecule has 0 radical (unpaired) electrons. The fourth-order valence-electron chi connectivity index (χ4n) is 6.35. The van der Waals surface area contributed by atoms with Crippen LogP contribution in [0.15, 0.2) is 218 Å². The molecule has 0 saturated carbocycles. The second kappa shape index (κ2) is 19.1. The number of ether oxygens (including phenoxy) is 8. The highest BCUT2D eigenvalue weighted by Gasteiger charge is 2.15. The van der Waals surface area contributed by atoms with E-state index >= 15 is 0 Å². The lowest BCUT2D eigenvalue weighted by molar-refractivity contribution is 0.382. The first-order valence-corrected chi connectivity index (χ1v) is 20.3. The van der Waals surface area contributed by atoms with Crippen molar-refractivity contribution in [2.75, 3.05) is 11.5 Å². The molecule has 0 aromatic heterocycles. The van der Waals surface area contributed by atoms with E-state index in [0.717, 1.165) is 0 Å². The highest BCUT2D eigenvalue weighted by atomic mass is 16.6. The van der Waals surface area contributed by atoms with Crippen LogP contribution in [0.1, 0.15) is 0 Å². The van der Waals surface area contributed by atoms with Crippen molar-refractivity contribution in [3.8, 4) is 92.0 Å². The first kappa shape index (κ1) is 40.4. The Morgan fingerprint density at radius 1 is 0.188 bits per heavy atom. The summed E-state index contributed by atoms with van der Waals surface area (Å²) in [5, 5.41) is 0. The Morgan fingerprint density at radius 3 is 0.656 bits per heavy atom. The molecule has 0 saturated heterocycles. The Morgan fingerprint density at radius 2 is 0.406 bits per heavy atom. The number of para-hydroxylation sites is 6. The molecule has 0 amide bonds. The number of rotatable bonds is 16. The zero-order valence-electron chi connectivity index (χ0n) is 34.2. The van der Waals surface area contributed by atoms with E-state index in [9.17, 15) is 0 Å². The molecule has 10 nitrogen and oxygen atoms in total. The normalized spacial score (nSPS) is 10.6. The maximum atomic E-state index is 6.44. The lowest BCUT2D eigenvalue weighted by Gasteiger charge is -2.16. The van der Waals surface area contributed by atoms with E-state index in [1.165, 1.54) is 0 Å². The molecule has 9 aromatic rings. The summed E-state index contributed by atoms with van der Waals surface area (Å²) < 4.78 is 49.4. The number of nitrogen functional groups attached to an aromatic ring is 2. The smallest absolute Gasteiger partial charge is 0.170 e. The van der Waals surface area contributed by atoms with Crippen molar-refractivity contribution in [1.82, 2.24) is 0 Å². The van der Waals surface area contributed by atoms with Gasteiger partial charge in [0.25, 0.3) is 0 Å². The third kappa shape index (κ3) is 10.6. The van der Waals surface area contributed by atoms with Crippen LogP contribution in [0.5, 0.6) is 92.0 Å². The minimum atomic E-state index is 0.479. The molecule has 0 fully saturated rings. The minimum Gasteiger partial charge on any atom is -0.457 e. The van der Waals surface area contributed by atoms with Crippen molar-refractivity contribution in [2.24, 2.45) is 0 Å². The summed E-state index contributed by atoms with van der Waals surface area (Å²) in [5.41, 5.74) is 13.0. The first-order chi connectivity index (χ1) is 31.4. The zero-order valence-corrected chi connectivity index (χ0v) is 34.2. The Bertz CT molecular complexity index is 2760. The monoisotopic (exact) mass is 844 g/mol. The van der Waals surface area contributed by atoms with Crippen molar-refractivity contribution in [2.45, 2.75) is 0 Å². The summed E-state index contributed by atoms with van der Waals surface area (Å²) in [6, 6.07) is 66.2. The molecule has 0 aliphatic rings. The highest BCUT2D eigenvalue weighted by Crippen LogP contribution is 2.42. The van der Waals surface area contributed by atoms with Crippen LogP contribution in [0.3, 0.4) is 0 Å². The Kier molecular flexibility index (Phi) is 12.1. The van der Waals surface area contributed by atoms with Crippen LogP contribution >= 0.6 is 0 Å². The summed E-state index contributed by atoms with van der Waals surface area (Å²) in [6.45, 7) is 0. The van der Waals surface area contributed by atoms with Crippen LogP contribution in [0.4, 0.5) is 11.4 Å². The fraction of sp³-hybridized carbons (Fsp3) is 0. The Labute approximate surface area is 369 Å². The van der Waals surface area contributed by atoms with Crippen molar-refractivity contribution in [3.05, 3.63) is 218 Å². The average molecular weight is 845 g/mol. The largest absolute Gasteiger partial charge is 0.457 e. The van der Waals surface area contributed by atoms with E-state index in [1.54, 1.807) is 12.1 Å². The van der Waals surface area contributed by atoms with Crippen molar-refractivity contribution in [3.63, 3.8) is 0 Å². The van der Waals surface area contributed by atoms with Gasteiger partial charge in [-0.25, -0.2) is 0 Å². The number of hydrogen-bond donors (Lipinski definition) is 2. The SMILES string of the molecule is Nc1cccc(Oc2ccc(Oc3ccc(Oc4ccccc4Oc4ccccc4Oc4ccccc4Oc4ccc(Oc5ccc(Oc6cccc(N)c6)cc5)cc4)cc3)cc2)c1. The molecule has 0 aliphatic carbocycles. The predicted molar refractivity (Wildman–Crippen MR) is 247 cm³/mol. The second-order valence-corrected chi connectivity index (χ2v) is 14.2. The fourth-order valence-corrected chi connectivity index (χ4v) is 6.35. The predicted octanol–water partition coefficient (Wildman–Crippen LogP) is 15.2. The van der Waals surface area contributed by atoms with Gasteiger partial charge in [0, 0.05) is 23.5 Å². The van der Waals surface area contributed by atoms with Gasteiger partial charge in [-0.3, -0.25) is 0 Å². The quantitative estimate of drug-likeness (QED) is 0.0908. The van der Waals surface area contributed by atoms with Crippen LogP contribution in [0, 0.1) is 0 Å². The van der Waals surface area contributed by atoms with E-state index in [4.69, 9.17) is 49.4 Å². The summed E-state index contributed by atoms with van der Waals surface area (Å²) in [7, 11) is 0. The molecule has 9 aromatic carbocycles. The number of anilines is 2. The van der Waals surface area contributed by atoms with E-state index in [0.29, 0.717) is 103 Å². The molecular weight excluding hydrogens is 805 g/mol. The van der Waals surface area contributed by atoms with Gasteiger partial charge in [-0.2, -0.15) is 0 Å². The third-order valence-corrected chi connectivity index (χ3v) is 9.40. The van der Waals surface area contributed by atoms with Gasteiger partial charge in [-0.1, -0.05) is 48.5 Å². The van der Waals surface area contributed by atoms with Gasteiger partial charge in [0.1, 0.15) is 57.5 Å². The average Bonchev–Trinajstić information content (AvgIpc) is 3.31.